The molecule has 0 aliphatic heterocycles. The minimum absolute atomic E-state index is 0.0226. The molecule has 0 spiro atoms. The van der Waals surface area contributed by atoms with E-state index >= 15 is 0 Å². The highest BCUT2D eigenvalue weighted by Crippen LogP contribution is 2.07. The number of hydrogen-bond donors (Lipinski definition) is 3. The van der Waals surface area contributed by atoms with Crippen LogP contribution in [0.4, 0.5) is 0 Å². The van der Waals surface area contributed by atoms with Crippen molar-refractivity contribution in [3.63, 3.8) is 0 Å². The Morgan fingerprint density at radius 1 is 0.226 bits per heavy atom. The van der Waals surface area contributed by atoms with Crippen LogP contribution in [0.25, 0.3) is 0 Å². The Morgan fingerprint density at radius 3 is 0.643 bits per heavy atom. The van der Waals surface area contributed by atoms with E-state index in [0.717, 1.165) is 0 Å². The lowest BCUT2D eigenvalue weighted by molar-refractivity contribution is -0.142. The van der Waals surface area contributed by atoms with Crippen LogP contribution in [-0.2, 0) is 95.4 Å². The summed E-state index contributed by atoms with van der Waals surface area (Å²) >= 11 is 0. The topological polar surface area (TPSA) is 334 Å². The molecule has 0 unspecified atom stereocenters. The Balaban J connectivity index is 6.42. The molecule has 0 aromatic carbocycles. The van der Waals surface area contributed by atoms with Crippen molar-refractivity contribution in [2.75, 3.05) is 194 Å². The highest BCUT2D eigenvalue weighted by atomic mass is 16.5. The number of Topliss-reactive ketones (excluding diaryl/α,β-unsaturated/α-hetero) is 1. The van der Waals surface area contributed by atoms with Gasteiger partial charge in [-0.15, -0.1) is 0 Å². The van der Waals surface area contributed by atoms with Gasteiger partial charge in [0, 0.05) is 163 Å². The molecule has 0 aromatic rings. The van der Waals surface area contributed by atoms with E-state index in [4.69, 9.17) is 37.9 Å². The molecule has 0 radical (unpaired) electrons. The summed E-state index contributed by atoms with van der Waals surface area (Å²) in [5.74, 6) is -4.34. The van der Waals surface area contributed by atoms with Gasteiger partial charge in [0.2, 0.25) is 17.7 Å². The van der Waals surface area contributed by atoms with Gasteiger partial charge in [-0.05, 0) is 13.0 Å². The van der Waals surface area contributed by atoms with Crippen molar-refractivity contribution >= 4 is 71.3 Å². The number of carbonyl (C=O) groups excluding carboxylic acids is 12. The number of nitrogens with zero attached hydrogens (tertiary/aromatic N) is 6. The molecular formula is C55H97N9O20. The lowest BCUT2D eigenvalue weighted by Crippen LogP contribution is -2.42. The molecule has 0 bridgehead atoms. The van der Waals surface area contributed by atoms with Crippen LogP contribution in [0.1, 0.15) is 89.9 Å². The maximum absolute atomic E-state index is 13.5. The van der Waals surface area contributed by atoms with E-state index in [2.05, 4.69) is 16.0 Å². The van der Waals surface area contributed by atoms with Crippen LogP contribution in [0, 0.1) is 0 Å². The van der Waals surface area contributed by atoms with Gasteiger partial charge < -0.3 is 83.2 Å². The van der Waals surface area contributed by atoms with Gasteiger partial charge in [-0.2, -0.15) is 0 Å². The number of ether oxygens (including phenoxy) is 8. The first-order valence-electron chi connectivity index (χ1n) is 28.4. The van der Waals surface area contributed by atoms with E-state index in [1.807, 2.05) is 29.4 Å². The summed E-state index contributed by atoms with van der Waals surface area (Å²) in [7, 11) is 10.2. The summed E-state index contributed by atoms with van der Waals surface area (Å²) in [6.07, 6.45) is 1.47. The largest absolute Gasteiger partial charge is 0.469 e. The second kappa shape index (κ2) is 50.0. The van der Waals surface area contributed by atoms with Crippen LogP contribution in [0.2, 0.25) is 0 Å². The number of ketones is 1. The van der Waals surface area contributed by atoms with Crippen LogP contribution in [-0.4, -0.2) is 295 Å². The van der Waals surface area contributed by atoms with Crippen molar-refractivity contribution in [1.29, 1.82) is 0 Å². The molecule has 3 amide bonds. The third-order valence-corrected chi connectivity index (χ3v) is 13.5. The first-order valence-corrected chi connectivity index (χ1v) is 28.4. The number of rotatable bonds is 52. The van der Waals surface area contributed by atoms with E-state index in [1.54, 1.807) is 0 Å². The number of methoxy groups -OCH3 is 8. The zero-order valence-corrected chi connectivity index (χ0v) is 51.1. The molecule has 29 heteroatoms. The minimum atomic E-state index is -0.429. The normalized spacial score (nSPS) is 11.1. The third kappa shape index (κ3) is 43.3. The molecule has 84 heavy (non-hydrogen) atoms. The van der Waals surface area contributed by atoms with Crippen molar-refractivity contribution in [2.24, 2.45) is 0 Å². The minimum Gasteiger partial charge on any atom is -0.469 e. The summed E-state index contributed by atoms with van der Waals surface area (Å²) in [5.41, 5.74) is 0. The zero-order chi connectivity index (χ0) is 62.9. The Morgan fingerprint density at radius 2 is 0.417 bits per heavy atom. The Bertz CT molecular complexity index is 1640. The number of amides is 3. The lowest BCUT2D eigenvalue weighted by Gasteiger charge is -2.28. The van der Waals surface area contributed by atoms with Crippen molar-refractivity contribution in [3.8, 4) is 0 Å². The predicted octanol–water partition coefficient (Wildman–Crippen LogP) is -1.44. The second-order valence-electron chi connectivity index (χ2n) is 19.4. The summed E-state index contributed by atoms with van der Waals surface area (Å²) in [6, 6.07) is 0. The molecule has 0 aliphatic carbocycles. The van der Waals surface area contributed by atoms with Gasteiger partial charge in [0.15, 0.2) is 0 Å². The van der Waals surface area contributed by atoms with Gasteiger partial charge in [-0.1, -0.05) is 0 Å². The molecular weight excluding hydrogens is 1110 g/mol. The fraction of sp³-hybridized carbons (Fsp3) is 0.782. The van der Waals surface area contributed by atoms with E-state index in [9.17, 15) is 57.5 Å². The first-order chi connectivity index (χ1) is 40.2. The van der Waals surface area contributed by atoms with E-state index in [0.29, 0.717) is 58.8 Å². The van der Waals surface area contributed by atoms with Gasteiger partial charge in [-0.25, -0.2) is 0 Å². The van der Waals surface area contributed by atoms with E-state index in [-0.39, 0.29) is 192 Å². The predicted molar refractivity (Wildman–Crippen MR) is 303 cm³/mol. The molecule has 0 rings (SSSR count). The molecule has 482 valence electrons. The maximum Gasteiger partial charge on any atom is 0.306 e. The van der Waals surface area contributed by atoms with Crippen LogP contribution in [0.3, 0.4) is 0 Å². The smallest absolute Gasteiger partial charge is 0.306 e. The molecule has 0 saturated heterocycles. The Kier molecular flexibility index (Phi) is 46.2. The SMILES string of the molecule is COC(=O)CCN(CCCC(=O)CCN(CCC(=O)NCCN(CCC(=O)OC)CCC(=O)OC)CCN(CCC(=O)NCCN(CCC(=O)OC)CCC(=O)OC)CCC(=O)NCCN(CCC(=O)OC)CCC(=O)OC)CCC(=O)OC. The van der Waals surface area contributed by atoms with Crippen LogP contribution in [0.15, 0.2) is 0 Å². The Labute approximate surface area is 495 Å². The van der Waals surface area contributed by atoms with Crippen molar-refractivity contribution < 1.29 is 95.4 Å². The number of esters is 8. The Hall–Kier alpha value is -6.40. The summed E-state index contributed by atoms with van der Waals surface area (Å²) in [5, 5.41) is 8.68. The first kappa shape index (κ1) is 77.6. The summed E-state index contributed by atoms with van der Waals surface area (Å²) in [4.78, 5) is 160. The van der Waals surface area contributed by atoms with Crippen molar-refractivity contribution in [1.82, 2.24) is 45.3 Å². The fourth-order valence-electron chi connectivity index (χ4n) is 8.12. The molecule has 0 saturated carbocycles. The standard InChI is InChI=1S/C55H97N9O20/c1-77-48(69)15-31-59(32-16-49(70)78-2)26-9-10-44(65)11-27-63(28-12-45(66)56-23-39-60(33-17-50(71)79-3)34-18-51(72)80-4)42-43-64(29-13-46(67)57-24-40-61(35-19-52(73)81-5)36-20-53(74)82-6)30-14-47(68)58-25-41-62(37-21-54(75)83-7)38-22-55(76)84-8/h9-43H2,1-8H3,(H,56,66)(H,57,67)(H,58,68). The van der Waals surface area contributed by atoms with Crippen molar-refractivity contribution in [2.45, 2.75) is 89.9 Å². The maximum atomic E-state index is 13.5. The molecule has 0 fully saturated rings. The van der Waals surface area contributed by atoms with Gasteiger partial charge in [-0.3, -0.25) is 57.5 Å². The highest BCUT2D eigenvalue weighted by Gasteiger charge is 2.20. The van der Waals surface area contributed by atoms with Crippen LogP contribution < -0.4 is 16.0 Å². The fourth-order valence-corrected chi connectivity index (χ4v) is 8.12. The molecule has 0 heterocycles. The molecule has 0 aliphatic rings. The summed E-state index contributed by atoms with van der Waals surface area (Å²) < 4.78 is 38.1. The molecule has 29 nitrogen and oxygen atoms in total. The summed E-state index contributed by atoms with van der Waals surface area (Å²) in [6.45, 7) is 5.83. The van der Waals surface area contributed by atoms with Gasteiger partial charge in [0.1, 0.15) is 5.78 Å². The van der Waals surface area contributed by atoms with Crippen LogP contribution >= 0.6 is 0 Å². The lowest BCUT2D eigenvalue weighted by atomic mass is 10.1. The molecule has 0 aromatic heterocycles. The highest BCUT2D eigenvalue weighted by molar-refractivity contribution is 5.79. The van der Waals surface area contributed by atoms with Gasteiger partial charge in [0.25, 0.3) is 0 Å². The average Bonchev–Trinajstić information content (AvgIpc) is 3.50. The van der Waals surface area contributed by atoms with Gasteiger partial charge >= 0.3 is 47.8 Å². The number of nitrogens with one attached hydrogen (secondary N) is 3. The molecule has 3 N–H and O–H groups in total. The van der Waals surface area contributed by atoms with Crippen LogP contribution in [0.5, 0.6) is 0 Å². The quantitative estimate of drug-likeness (QED) is 0.0464. The number of hydrogen-bond acceptors (Lipinski definition) is 26. The zero-order valence-electron chi connectivity index (χ0n) is 51.1. The van der Waals surface area contributed by atoms with Gasteiger partial charge in [0.05, 0.1) is 108 Å². The van der Waals surface area contributed by atoms with E-state index in [1.165, 1.54) is 56.9 Å². The second-order valence-corrected chi connectivity index (χ2v) is 19.4. The average molecular weight is 1200 g/mol. The third-order valence-electron chi connectivity index (χ3n) is 13.5. The monoisotopic (exact) mass is 1200 g/mol. The number of carbonyl (C=O) groups is 12. The van der Waals surface area contributed by atoms with E-state index < -0.39 is 47.8 Å². The van der Waals surface area contributed by atoms with Crippen molar-refractivity contribution in [3.05, 3.63) is 0 Å². The molecule has 0 atom stereocenters.